The molecule has 174 valence electrons. The quantitative estimate of drug-likeness (QED) is 0.169. The number of nitrogens with one attached hydrogen (secondary N) is 2. The van der Waals surface area contributed by atoms with E-state index in [-0.39, 0.29) is 41.4 Å². The number of nitrogens with two attached hydrogens (primary N) is 1. The summed E-state index contributed by atoms with van der Waals surface area (Å²) in [6.07, 6.45) is 6.70. The van der Waals surface area contributed by atoms with Crippen LogP contribution in [-0.4, -0.2) is 22.7 Å². The van der Waals surface area contributed by atoms with Crippen LogP contribution in [0, 0.1) is 29.2 Å². The van der Waals surface area contributed by atoms with Crippen LogP contribution in [0.15, 0.2) is 72.1 Å². The second-order valence-corrected chi connectivity index (χ2v) is 9.20. The summed E-state index contributed by atoms with van der Waals surface area (Å²) in [4.78, 5) is 44.8. The summed E-state index contributed by atoms with van der Waals surface area (Å²) >= 11 is 0. The number of imide groups is 1. The second-order valence-electron chi connectivity index (χ2n) is 9.20. The van der Waals surface area contributed by atoms with Crippen molar-refractivity contribution < 1.29 is 19.8 Å². The number of hydrogen-bond acceptors (Lipinski definition) is 6. The van der Waals surface area contributed by atoms with E-state index >= 15 is 0 Å². The number of hydrogen-bond donors (Lipinski definition) is 3. The van der Waals surface area contributed by atoms with Crippen LogP contribution in [0.25, 0.3) is 10.9 Å². The Morgan fingerprint density at radius 2 is 1.77 bits per heavy atom. The molecule has 4 atom stereocenters. The molecule has 2 heterocycles. The maximum absolute atomic E-state index is 13.0. The van der Waals surface area contributed by atoms with Crippen molar-refractivity contribution in [2.24, 2.45) is 28.9 Å². The molecular weight excluding hydrogens is 444 g/mol. The first-order valence-corrected chi connectivity index (χ1v) is 11.6. The highest BCUT2D eigenvalue weighted by Crippen LogP contribution is 2.53. The van der Waals surface area contributed by atoms with Crippen LogP contribution in [0.5, 0.6) is 0 Å². The number of aromatic nitrogens is 1. The largest absolute Gasteiger partial charge is 0.320 e. The molecule has 3 amide bonds. The fourth-order valence-electron chi connectivity index (χ4n) is 5.77. The Morgan fingerprint density at radius 1 is 1.06 bits per heavy atom. The number of para-hydroxylation sites is 1. The molecule has 2 aliphatic carbocycles. The van der Waals surface area contributed by atoms with Crippen molar-refractivity contribution in [1.29, 1.82) is 5.53 Å². The Hall–Kier alpha value is -4.24. The molecule has 1 aromatic heterocycles. The number of pyridine rings is 1. The predicted octanol–water partition coefficient (Wildman–Crippen LogP) is 2.81. The van der Waals surface area contributed by atoms with Crippen molar-refractivity contribution in [3.05, 3.63) is 78.0 Å². The maximum atomic E-state index is 13.0. The predicted molar refractivity (Wildman–Crippen MR) is 127 cm³/mol. The Bertz CT molecular complexity index is 1390. The van der Waals surface area contributed by atoms with Gasteiger partial charge in [-0.15, -0.1) is 0 Å². The molecule has 4 unspecified atom stereocenters. The number of nitrogens with zero attached hydrogens (tertiary/aromatic N) is 3. The highest BCUT2D eigenvalue weighted by atomic mass is 16.2. The van der Waals surface area contributed by atoms with Gasteiger partial charge in [0, 0.05) is 27.9 Å². The van der Waals surface area contributed by atoms with Gasteiger partial charge in [-0.1, -0.05) is 24.3 Å². The average Bonchev–Trinajstić information content (AvgIpc) is 3.56. The van der Waals surface area contributed by atoms with Crippen molar-refractivity contribution in [2.75, 3.05) is 10.2 Å². The van der Waals surface area contributed by atoms with E-state index in [1.165, 1.54) is 10.3 Å². The summed E-state index contributed by atoms with van der Waals surface area (Å²) < 4.78 is 0. The van der Waals surface area contributed by atoms with E-state index in [1.54, 1.807) is 36.5 Å². The van der Waals surface area contributed by atoms with E-state index in [2.05, 4.69) is 27.7 Å². The molecule has 4 N–H and O–H groups in total. The summed E-state index contributed by atoms with van der Waals surface area (Å²) in [5.74, 6) is -0.782. The third-order valence-electron chi connectivity index (χ3n) is 7.37. The molecular formula is C26H23N6O3+. The van der Waals surface area contributed by atoms with Crippen LogP contribution >= 0.6 is 0 Å². The summed E-state index contributed by atoms with van der Waals surface area (Å²) in [5, 5.41) is 7.10. The summed E-state index contributed by atoms with van der Waals surface area (Å²) in [7, 11) is 0. The van der Waals surface area contributed by atoms with Crippen LogP contribution in [0.4, 0.5) is 11.4 Å². The standard InChI is InChI=1S/C26H22N6O3/c27-31-29-13-17-10-11-28-23-19(17)2-1-3-20(23)30-24(33)14-6-8-18(9-7-14)32-25(34)21-15-4-5-16(12-15)22(21)26(32)35/h1-11,15-16,21-22H,12-13H2,(H2,27,29)(H,30,33)/p+1. The molecule has 2 fully saturated rings. The van der Waals surface area contributed by atoms with Gasteiger partial charge < -0.3 is 5.32 Å². The first-order valence-electron chi connectivity index (χ1n) is 11.6. The van der Waals surface area contributed by atoms with Crippen LogP contribution < -0.4 is 15.6 Å². The van der Waals surface area contributed by atoms with E-state index in [0.717, 1.165) is 17.4 Å². The highest BCUT2D eigenvalue weighted by molar-refractivity contribution is 6.23. The van der Waals surface area contributed by atoms with Crippen LogP contribution in [0.3, 0.4) is 0 Å². The van der Waals surface area contributed by atoms with Crippen molar-refractivity contribution in [2.45, 2.75) is 13.0 Å². The Balaban J connectivity index is 1.22. The average molecular weight is 468 g/mol. The normalized spacial score (nSPS) is 24.3. The molecule has 1 saturated heterocycles. The number of carbonyl (C=O) groups excluding carboxylic acids is 3. The van der Waals surface area contributed by atoms with Crippen molar-refractivity contribution in [3.63, 3.8) is 0 Å². The van der Waals surface area contributed by atoms with Crippen molar-refractivity contribution in [1.82, 2.24) is 4.98 Å². The monoisotopic (exact) mass is 467 g/mol. The summed E-state index contributed by atoms with van der Waals surface area (Å²) in [6, 6.07) is 14.0. The number of quaternary nitrogens is 1. The van der Waals surface area contributed by atoms with Crippen LogP contribution in [-0.2, 0) is 16.1 Å². The molecule has 2 bridgehead atoms. The first kappa shape index (κ1) is 21.3. The van der Waals surface area contributed by atoms with Crippen molar-refractivity contribution in [3.8, 4) is 0 Å². The maximum Gasteiger partial charge on any atom is 0.255 e. The minimum Gasteiger partial charge on any atom is -0.320 e. The minimum atomic E-state index is -0.317. The molecule has 3 aliphatic rings. The molecule has 1 saturated carbocycles. The molecule has 0 spiro atoms. The third-order valence-corrected chi connectivity index (χ3v) is 7.37. The third kappa shape index (κ3) is 3.35. The lowest BCUT2D eigenvalue weighted by atomic mass is 9.85. The molecule has 9 nitrogen and oxygen atoms in total. The van der Waals surface area contributed by atoms with Gasteiger partial charge in [0.1, 0.15) is 6.54 Å². The molecule has 0 radical (unpaired) electrons. The van der Waals surface area contributed by atoms with Crippen LogP contribution in [0.2, 0.25) is 0 Å². The first-order chi connectivity index (χ1) is 17.1. The zero-order chi connectivity index (χ0) is 24.1. The van der Waals surface area contributed by atoms with E-state index in [9.17, 15) is 14.4 Å². The Labute approximate surface area is 200 Å². The topological polar surface area (TPSA) is 132 Å². The van der Waals surface area contributed by atoms with E-state index in [0.29, 0.717) is 29.0 Å². The SMILES string of the molecule is N=N[NH2+]Cc1ccnc2c(NC(=O)c3ccc(N4C(=O)C5C6C=CC(C6)C5C4=O)cc3)cccc12. The number of carbonyl (C=O) groups is 3. The van der Waals surface area contributed by atoms with E-state index in [4.69, 9.17) is 5.53 Å². The number of benzene rings is 2. The van der Waals surface area contributed by atoms with Gasteiger partial charge >= 0.3 is 0 Å². The fraction of sp³-hybridized carbons (Fsp3) is 0.231. The van der Waals surface area contributed by atoms with Crippen LogP contribution in [0.1, 0.15) is 22.3 Å². The molecule has 2 aromatic carbocycles. The molecule has 3 aromatic rings. The highest BCUT2D eigenvalue weighted by Gasteiger charge is 2.59. The van der Waals surface area contributed by atoms with Gasteiger partial charge in [-0.25, -0.2) is 0 Å². The van der Waals surface area contributed by atoms with Gasteiger partial charge in [-0.3, -0.25) is 24.3 Å². The number of amides is 3. The number of allylic oxidation sites excluding steroid dienone is 2. The minimum absolute atomic E-state index is 0.137. The van der Waals surface area contributed by atoms with Gasteiger partial charge in [0.15, 0.2) is 0 Å². The lowest BCUT2D eigenvalue weighted by molar-refractivity contribution is -0.686. The molecule has 35 heavy (non-hydrogen) atoms. The molecule has 6 rings (SSSR count). The summed E-state index contributed by atoms with van der Waals surface area (Å²) in [5.41, 5.74) is 11.6. The number of anilines is 2. The molecule has 9 heteroatoms. The zero-order valence-corrected chi connectivity index (χ0v) is 18.7. The van der Waals surface area contributed by atoms with Gasteiger partial charge in [-0.05, 0) is 54.7 Å². The van der Waals surface area contributed by atoms with Crippen molar-refractivity contribution >= 4 is 40.0 Å². The smallest absolute Gasteiger partial charge is 0.255 e. The van der Waals surface area contributed by atoms with E-state index < -0.39 is 0 Å². The Kier molecular flexibility index (Phi) is 5.00. The Morgan fingerprint density at radius 3 is 2.46 bits per heavy atom. The lowest BCUT2D eigenvalue weighted by Crippen LogP contribution is -2.75. The van der Waals surface area contributed by atoms with Gasteiger partial charge in [-0.2, -0.15) is 11.0 Å². The number of rotatable bonds is 6. The molecule has 1 aliphatic heterocycles. The van der Waals surface area contributed by atoms with Gasteiger partial charge in [0.05, 0.1) is 28.7 Å². The van der Waals surface area contributed by atoms with Gasteiger partial charge in [0.25, 0.3) is 5.91 Å². The fourth-order valence-corrected chi connectivity index (χ4v) is 5.77. The van der Waals surface area contributed by atoms with E-state index in [1.807, 2.05) is 18.2 Å². The zero-order valence-electron chi connectivity index (χ0n) is 18.7. The lowest BCUT2D eigenvalue weighted by Gasteiger charge is -2.17. The summed E-state index contributed by atoms with van der Waals surface area (Å²) in [6.45, 7) is 0.495. The number of fused-ring (bicyclic) bond motifs is 6. The second kappa shape index (κ2) is 8.21. The van der Waals surface area contributed by atoms with Gasteiger partial charge in [0.2, 0.25) is 11.8 Å².